The van der Waals surface area contributed by atoms with Crippen molar-refractivity contribution in [3.63, 3.8) is 0 Å². The Kier molecular flexibility index (Phi) is 7.38. The van der Waals surface area contributed by atoms with Crippen molar-refractivity contribution in [2.24, 2.45) is 0 Å². The van der Waals surface area contributed by atoms with Gasteiger partial charge in [-0.25, -0.2) is 15.0 Å². The molecule has 1 aliphatic rings. The average Bonchev–Trinajstić information content (AvgIpc) is 3.61. The van der Waals surface area contributed by atoms with E-state index in [-0.39, 0.29) is 0 Å². The fourth-order valence-corrected chi connectivity index (χ4v) is 9.51. The molecule has 0 atom stereocenters. The maximum atomic E-state index is 5.36. The standard InChI is InChI=1S/C54H33N5/c1-3-13-38(14-4-1)54(39-15-5-2-6-16-39)47-19-9-7-17-41(47)45-30-46-44(31-48(45)54)42-18-8-10-20-49(42)59-50(46)35-21-23-36(24-22-35)53-57-32-37(33-58-53)40-27-29-56-52-43(40)26-25-34-12-11-28-55-51(34)52/h1-33H. The van der Waals surface area contributed by atoms with Crippen LogP contribution in [0.1, 0.15) is 22.3 Å². The second kappa shape index (κ2) is 13.1. The van der Waals surface area contributed by atoms with E-state index in [2.05, 4.69) is 174 Å². The van der Waals surface area contributed by atoms with Crippen LogP contribution < -0.4 is 0 Å². The first kappa shape index (κ1) is 33.3. The van der Waals surface area contributed by atoms with Crippen LogP contribution in [0.25, 0.3) is 88.4 Å². The van der Waals surface area contributed by atoms with Crippen molar-refractivity contribution >= 4 is 43.5 Å². The lowest BCUT2D eigenvalue weighted by Crippen LogP contribution is -2.28. The summed E-state index contributed by atoms with van der Waals surface area (Å²) in [4.78, 5) is 24.3. The van der Waals surface area contributed by atoms with Crippen LogP contribution in [0.2, 0.25) is 0 Å². The fourth-order valence-electron chi connectivity index (χ4n) is 9.51. The minimum atomic E-state index is -0.486. The molecule has 11 aromatic rings. The van der Waals surface area contributed by atoms with Crippen LogP contribution in [-0.2, 0) is 5.41 Å². The van der Waals surface area contributed by atoms with Gasteiger partial charge in [-0.05, 0) is 74.7 Å². The van der Waals surface area contributed by atoms with Gasteiger partial charge in [-0.2, -0.15) is 0 Å². The quantitative estimate of drug-likeness (QED) is 0.164. The van der Waals surface area contributed by atoms with E-state index in [0.717, 1.165) is 66.0 Å². The third kappa shape index (κ3) is 5.01. The lowest BCUT2D eigenvalue weighted by molar-refractivity contribution is 0.769. The molecule has 4 heterocycles. The summed E-state index contributed by atoms with van der Waals surface area (Å²) in [5.74, 6) is 0.662. The van der Waals surface area contributed by atoms with E-state index >= 15 is 0 Å². The lowest BCUT2D eigenvalue weighted by Gasteiger charge is -2.34. The van der Waals surface area contributed by atoms with Crippen LogP contribution in [-0.4, -0.2) is 24.9 Å². The molecular weight excluding hydrogens is 719 g/mol. The van der Waals surface area contributed by atoms with Crippen molar-refractivity contribution in [3.8, 4) is 44.9 Å². The molecule has 0 spiro atoms. The summed E-state index contributed by atoms with van der Waals surface area (Å²) in [5.41, 5.74) is 14.7. The molecule has 0 radical (unpaired) electrons. The van der Waals surface area contributed by atoms with E-state index in [1.54, 1.807) is 0 Å². The molecule has 0 saturated heterocycles. The Labute approximate surface area is 340 Å². The molecule has 0 bridgehead atoms. The van der Waals surface area contributed by atoms with Crippen LogP contribution in [0, 0.1) is 0 Å². The minimum absolute atomic E-state index is 0.486. The smallest absolute Gasteiger partial charge is 0.159 e. The van der Waals surface area contributed by atoms with Crippen molar-refractivity contribution in [1.82, 2.24) is 24.9 Å². The molecule has 0 N–H and O–H groups in total. The van der Waals surface area contributed by atoms with Gasteiger partial charge in [0.25, 0.3) is 0 Å². The number of nitrogens with zero attached hydrogens (tertiary/aromatic N) is 5. The van der Waals surface area contributed by atoms with E-state index < -0.39 is 5.41 Å². The summed E-state index contributed by atoms with van der Waals surface area (Å²) >= 11 is 0. The molecular formula is C54H33N5. The highest BCUT2D eigenvalue weighted by molar-refractivity contribution is 6.13. The minimum Gasteiger partial charge on any atom is -0.254 e. The summed E-state index contributed by atoms with van der Waals surface area (Å²) in [6, 6.07) is 62.9. The summed E-state index contributed by atoms with van der Waals surface area (Å²) < 4.78 is 0. The monoisotopic (exact) mass is 751 g/mol. The average molecular weight is 752 g/mol. The zero-order chi connectivity index (χ0) is 38.9. The molecule has 4 aromatic heterocycles. The summed E-state index contributed by atoms with van der Waals surface area (Å²) in [7, 11) is 0. The van der Waals surface area contributed by atoms with Crippen molar-refractivity contribution in [3.05, 3.63) is 223 Å². The van der Waals surface area contributed by atoms with Crippen molar-refractivity contribution in [1.29, 1.82) is 0 Å². The van der Waals surface area contributed by atoms with Gasteiger partial charge < -0.3 is 0 Å². The summed E-state index contributed by atoms with van der Waals surface area (Å²) in [6.45, 7) is 0. The number of hydrogen-bond donors (Lipinski definition) is 0. The molecule has 0 aliphatic heterocycles. The zero-order valence-electron chi connectivity index (χ0n) is 31.8. The highest BCUT2D eigenvalue weighted by Crippen LogP contribution is 2.57. The number of rotatable bonds is 5. The topological polar surface area (TPSA) is 64.5 Å². The van der Waals surface area contributed by atoms with E-state index in [4.69, 9.17) is 15.0 Å². The van der Waals surface area contributed by atoms with Gasteiger partial charge in [0.15, 0.2) is 5.82 Å². The van der Waals surface area contributed by atoms with Crippen LogP contribution in [0.15, 0.2) is 201 Å². The largest absolute Gasteiger partial charge is 0.254 e. The molecule has 1 aliphatic carbocycles. The fraction of sp³-hybridized carbons (Fsp3) is 0.0185. The zero-order valence-corrected chi connectivity index (χ0v) is 31.8. The molecule has 5 nitrogen and oxygen atoms in total. The van der Waals surface area contributed by atoms with Crippen molar-refractivity contribution in [2.75, 3.05) is 0 Å². The lowest BCUT2D eigenvalue weighted by atomic mass is 9.67. The Morgan fingerprint density at radius 2 is 1.07 bits per heavy atom. The van der Waals surface area contributed by atoms with Gasteiger partial charge >= 0.3 is 0 Å². The molecule has 0 unspecified atom stereocenters. The first-order chi connectivity index (χ1) is 29.3. The van der Waals surface area contributed by atoms with E-state index in [0.29, 0.717) is 5.82 Å². The Morgan fingerprint density at radius 1 is 0.373 bits per heavy atom. The predicted molar refractivity (Wildman–Crippen MR) is 239 cm³/mol. The SMILES string of the molecule is c1ccc(C2(c3ccccc3)c3ccccc3-c3cc4c(-c5ccc(-c6ncc(-c7ccnc8c7ccc7cccnc78)cn6)cc5)nc5ccccc5c4cc32)cc1. The normalized spacial score (nSPS) is 12.9. The summed E-state index contributed by atoms with van der Waals surface area (Å²) in [6.07, 6.45) is 7.44. The number of benzene rings is 7. The van der Waals surface area contributed by atoms with E-state index in [1.807, 2.05) is 36.9 Å². The number of para-hydroxylation sites is 1. The van der Waals surface area contributed by atoms with Crippen LogP contribution in [0.3, 0.4) is 0 Å². The Hall–Kier alpha value is -7.89. The van der Waals surface area contributed by atoms with Gasteiger partial charge in [-0.3, -0.25) is 9.97 Å². The van der Waals surface area contributed by atoms with Crippen molar-refractivity contribution < 1.29 is 0 Å². The second-order valence-corrected chi connectivity index (χ2v) is 15.2. The Balaban J connectivity index is 0.989. The highest BCUT2D eigenvalue weighted by Gasteiger charge is 2.46. The molecule has 274 valence electrons. The molecule has 5 heteroatoms. The van der Waals surface area contributed by atoms with Crippen LogP contribution in [0.4, 0.5) is 0 Å². The first-order valence-electron chi connectivity index (χ1n) is 19.9. The Bertz CT molecular complexity index is 3380. The third-order valence-corrected chi connectivity index (χ3v) is 12.1. The van der Waals surface area contributed by atoms with Gasteiger partial charge in [-0.1, -0.05) is 146 Å². The van der Waals surface area contributed by atoms with Gasteiger partial charge in [-0.15, -0.1) is 0 Å². The predicted octanol–water partition coefficient (Wildman–Crippen LogP) is 12.6. The number of pyridine rings is 3. The van der Waals surface area contributed by atoms with Gasteiger partial charge in [0.1, 0.15) is 0 Å². The Morgan fingerprint density at radius 3 is 1.86 bits per heavy atom. The molecule has 0 fully saturated rings. The number of aromatic nitrogens is 5. The number of hydrogen-bond acceptors (Lipinski definition) is 5. The van der Waals surface area contributed by atoms with Gasteiger partial charge in [0, 0.05) is 63.0 Å². The maximum Gasteiger partial charge on any atom is 0.159 e. The van der Waals surface area contributed by atoms with Gasteiger partial charge in [0.05, 0.1) is 27.7 Å². The third-order valence-electron chi connectivity index (χ3n) is 12.1. The van der Waals surface area contributed by atoms with Crippen molar-refractivity contribution in [2.45, 2.75) is 5.41 Å². The van der Waals surface area contributed by atoms with Gasteiger partial charge in [0.2, 0.25) is 0 Å². The molecule has 12 rings (SSSR count). The molecule has 0 amide bonds. The molecule has 0 saturated carbocycles. The van der Waals surface area contributed by atoms with Crippen LogP contribution in [0.5, 0.6) is 0 Å². The maximum absolute atomic E-state index is 5.36. The second-order valence-electron chi connectivity index (χ2n) is 15.2. The van der Waals surface area contributed by atoms with E-state index in [9.17, 15) is 0 Å². The highest BCUT2D eigenvalue weighted by atomic mass is 14.9. The molecule has 59 heavy (non-hydrogen) atoms. The van der Waals surface area contributed by atoms with Crippen LogP contribution >= 0.6 is 0 Å². The van der Waals surface area contributed by atoms with E-state index in [1.165, 1.54) is 38.8 Å². The summed E-state index contributed by atoms with van der Waals surface area (Å²) in [5, 5.41) is 5.53. The number of fused-ring (bicyclic) bond motifs is 9. The first-order valence-corrected chi connectivity index (χ1v) is 19.9. The molecule has 7 aromatic carbocycles.